The number of rotatable bonds is 2. The van der Waals surface area contributed by atoms with Gasteiger partial charge < -0.3 is 10.0 Å². The molecule has 1 unspecified atom stereocenters. The van der Waals surface area contributed by atoms with Gasteiger partial charge in [0, 0.05) is 31.2 Å². The fourth-order valence-electron chi connectivity index (χ4n) is 3.40. The monoisotopic (exact) mass is 264 g/mol. The molecule has 0 aliphatic carbocycles. The van der Waals surface area contributed by atoms with E-state index in [1.165, 1.54) is 31.9 Å². The van der Waals surface area contributed by atoms with Gasteiger partial charge in [0.1, 0.15) is 5.82 Å². The Balaban J connectivity index is 1.83. The molecule has 0 aromatic heterocycles. The third kappa shape index (κ3) is 2.47. The van der Waals surface area contributed by atoms with Crippen LogP contribution in [0.4, 0.5) is 10.1 Å². The summed E-state index contributed by atoms with van der Waals surface area (Å²) in [5.41, 5.74) is 1.31. The van der Waals surface area contributed by atoms with Gasteiger partial charge in [-0.25, -0.2) is 4.39 Å². The lowest BCUT2D eigenvalue weighted by atomic mass is 9.98. The molecule has 2 aliphatic heterocycles. The Labute approximate surface area is 113 Å². The fraction of sp³-hybridized carbons (Fsp3) is 0.600. The number of piperidine rings is 1. The van der Waals surface area contributed by atoms with E-state index in [1.807, 2.05) is 6.07 Å². The lowest BCUT2D eigenvalue weighted by Gasteiger charge is -2.45. The summed E-state index contributed by atoms with van der Waals surface area (Å²) in [6.07, 6.45) is 3.77. The summed E-state index contributed by atoms with van der Waals surface area (Å²) >= 11 is 0. The maximum Gasteiger partial charge on any atom is 0.146 e. The molecule has 3 nitrogen and oxygen atoms in total. The molecule has 1 N–H and O–H groups in total. The van der Waals surface area contributed by atoms with Crippen molar-refractivity contribution < 1.29 is 9.50 Å². The van der Waals surface area contributed by atoms with Crippen molar-refractivity contribution in [2.45, 2.75) is 31.9 Å². The molecule has 0 bridgehead atoms. The van der Waals surface area contributed by atoms with Crippen LogP contribution in [0.2, 0.25) is 0 Å². The van der Waals surface area contributed by atoms with Crippen LogP contribution in [0.3, 0.4) is 0 Å². The normalized spacial score (nSPS) is 24.3. The van der Waals surface area contributed by atoms with E-state index in [0.717, 1.165) is 19.6 Å². The van der Waals surface area contributed by atoms with Crippen molar-refractivity contribution in [3.63, 3.8) is 0 Å². The minimum Gasteiger partial charge on any atom is -0.392 e. The highest BCUT2D eigenvalue weighted by molar-refractivity contribution is 5.55. The van der Waals surface area contributed by atoms with Gasteiger partial charge in [0.25, 0.3) is 0 Å². The van der Waals surface area contributed by atoms with E-state index in [0.29, 0.717) is 17.3 Å². The molecule has 1 aromatic rings. The summed E-state index contributed by atoms with van der Waals surface area (Å²) in [7, 11) is 0. The first-order valence-electron chi connectivity index (χ1n) is 7.17. The van der Waals surface area contributed by atoms with Gasteiger partial charge in [-0.2, -0.15) is 0 Å². The number of nitrogens with zero attached hydrogens (tertiary/aromatic N) is 2. The molecule has 1 aromatic carbocycles. The SMILES string of the molecule is OCc1cccc(F)c1N1CCN2CCCCC2C1. The van der Waals surface area contributed by atoms with Crippen LogP contribution in [0.25, 0.3) is 0 Å². The van der Waals surface area contributed by atoms with Crippen LogP contribution in [-0.2, 0) is 6.61 Å². The molecular formula is C15H21FN2O. The van der Waals surface area contributed by atoms with Crippen molar-refractivity contribution >= 4 is 5.69 Å². The fourth-order valence-corrected chi connectivity index (χ4v) is 3.40. The third-order valence-corrected chi connectivity index (χ3v) is 4.39. The van der Waals surface area contributed by atoms with Gasteiger partial charge in [-0.05, 0) is 25.5 Å². The number of hydrogen-bond donors (Lipinski definition) is 1. The van der Waals surface area contributed by atoms with Crippen LogP contribution in [0.15, 0.2) is 18.2 Å². The minimum absolute atomic E-state index is 0.0992. The zero-order valence-corrected chi connectivity index (χ0v) is 11.2. The first-order chi connectivity index (χ1) is 9.29. The quantitative estimate of drug-likeness (QED) is 0.885. The second kappa shape index (κ2) is 5.47. The van der Waals surface area contributed by atoms with Gasteiger partial charge in [0.2, 0.25) is 0 Å². The Morgan fingerprint density at radius 2 is 2.11 bits per heavy atom. The van der Waals surface area contributed by atoms with Crippen molar-refractivity contribution in [2.75, 3.05) is 31.1 Å². The van der Waals surface area contributed by atoms with Crippen LogP contribution in [0.5, 0.6) is 0 Å². The standard InChI is InChI=1S/C15H21FN2O/c16-14-6-3-4-12(11-19)15(14)18-9-8-17-7-2-1-5-13(17)10-18/h3-4,6,13,19H,1-2,5,7-11H2. The van der Waals surface area contributed by atoms with Gasteiger partial charge in [-0.3, -0.25) is 4.90 Å². The average molecular weight is 264 g/mol. The molecule has 2 heterocycles. The molecular weight excluding hydrogens is 243 g/mol. The number of anilines is 1. The summed E-state index contributed by atoms with van der Waals surface area (Å²) in [6, 6.07) is 5.52. The molecule has 19 heavy (non-hydrogen) atoms. The van der Waals surface area contributed by atoms with Crippen molar-refractivity contribution in [2.24, 2.45) is 0 Å². The van der Waals surface area contributed by atoms with Crippen LogP contribution in [0, 0.1) is 5.82 Å². The van der Waals surface area contributed by atoms with E-state index >= 15 is 0 Å². The van der Waals surface area contributed by atoms with E-state index in [9.17, 15) is 9.50 Å². The molecule has 0 saturated carbocycles. The van der Waals surface area contributed by atoms with Crippen LogP contribution in [-0.4, -0.2) is 42.2 Å². The summed E-state index contributed by atoms with van der Waals surface area (Å²) in [4.78, 5) is 4.65. The second-order valence-electron chi connectivity index (χ2n) is 5.54. The largest absolute Gasteiger partial charge is 0.392 e. The average Bonchev–Trinajstić information content (AvgIpc) is 2.46. The number of halogens is 1. The van der Waals surface area contributed by atoms with Gasteiger partial charge in [0.05, 0.1) is 12.3 Å². The van der Waals surface area contributed by atoms with E-state index < -0.39 is 0 Å². The number of aliphatic hydroxyl groups is 1. The minimum atomic E-state index is -0.212. The highest BCUT2D eigenvalue weighted by Gasteiger charge is 2.30. The van der Waals surface area contributed by atoms with Gasteiger partial charge in [0.15, 0.2) is 0 Å². The number of aliphatic hydroxyl groups excluding tert-OH is 1. The Bertz CT molecular complexity index is 452. The highest BCUT2D eigenvalue weighted by Crippen LogP contribution is 2.29. The molecule has 0 radical (unpaired) electrons. The third-order valence-electron chi connectivity index (χ3n) is 4.39. The number of para-hydroxylation sites is 1. The van der Waals surface area contributed by atoms with E-state index in [-0.39, 0.29) is 12.4 Å². The smallest absolute Gasteiger partial charge is 0.146 e. The highest BCUT2D eigenvalue weighted by atomic mass is 19.1. The first kappa shape index (κ1) is 12.9. The molecule has 2 fully saturated rings. The molecule has 4 heteroatoms. The maximum absolute atomic E-state index is 14.1. The lowest BCUT2D eigenvalue weighted by Crippen LogP contribution is -2.55. The number of hydrogen-bond acceptors (Lipinski definition) is 3. The van der Waals surface area contributed by atoms with Crippen molar-refractivity contribution in [1.82, 2.24) is 4.90 Å². The zero-order valence-electron chi connectivity index (χ0n) is 11.2. The summed E-state index contributed by atoms with van der Waals surface area (Å²) in [6.45, 7) is 3.82. The van der Waals surface area contributed by atoms with Gasteiger partial charge in [-0.1, -0.05) is 18.6 Å². The van der Waals surface area contributed by atoms with E-state index in [2.05, 4.69) is 9.80 Å². The number of piperazine rings is 1. The molecule has 1 atom stereocenters. The predicted molar refractivity (Wildman–Crippen MR) is 73.7 cm³/mol. The Morgan fingerprint density at radius 1 is 1.21 bits per heavy atom. The van der Waals surface area contributed by atoms with Crippen molar-refractivity contribution in [3.05, 3.63) is 29.6 Å². The van der Waals surface area contributed by atoms with Crippen molar-refractivity contribution in [1.29, 1.82) is 0 Å². The maximum atomic E-state index is 14.1. The summed E-state index contributed by atoms with van der Waals surface area (Å²) < 4.78 is 14.1. The predicted octanol–water partition coefficient (Wildman–Crippen LogP) is 1.99. The number of fused-ring (bicyclic) bond motifs is 1. The molecule has 2 saturated heterocycles. The van der Waals surface area contributed by atoms with Crippen molar-refractivity contribution in [3.8, 4) is 0 Å². The zero-order chi connectivity index (χ0) is 13.2. The molecule has 104 valence electrons. The second-order valence-corrected chi connectivity index (χ2v) is 5.54. The Morgan fingerprint density at radius 3 is 2.95 bits per heavy atom. The van der Waals surface area contributed by atoms with E-state index in [4.69, 9.17) is 0 Å². The van der Waals surface area contributed by atoms with E-state index in [1.54, 1.807) is 6.07 Å². The topological polar surface area (TPSA) is 26.7 Å². The lowest BCUT2D eigenvalue weighted by molar-refractivity contribution is 0.133. The summed E-state index contributed by atoms with van der Waals surface area (Å²) in [5, 5.41) is 9.40. The molecule has 0 spiro atoms. The molecule has 2 aliphatic rings. The number of benzene rings is 1. The van der Waals surface area contributed by atoms with Crippen LogP contribution >= 0.6 is 0 Å². The van der Waals surface area contributed by atoms with Crippen LogP contribution < -0.4 is 4.90 Å². The first-order valence-corrected chi connectivity index (χ1v) is 7.17. The molecule has 3 rings (SSSR count). The van der Waals surface area contributed by atoms with Gasteiger partial charge >= 0.3 is 0 Å². The van der Waals surface area contributed by atoms with Gasteiger partial charge in [-0.15, -0.1) is 0 Å². The Hall–Kier alpha value is -1.13. The Kier molecular flexibility index (Phi) is 3.71. The molecule has 0 amide bonds. The van der Waals surface area contributed by atoms with Crippen LogP contribution in [0.1, 0.15) is 24.8 Å². The summed E-state index contributed by atoms with van der Waals surface area (Å²) in [5.74, 6) is -0.212.